The minimum absolute atomic E-state index is 0.0312. The second kappa shape index (κ2) is 9.56. The van der Waals surface area contributed by atoms with Crippen molar-refractivity contribution in [1.82, 2.24) is 15.3 Å². The number of hydrogen-bond donors (Lipinski definition) is 1. The van der Waals surface area contributed by atoms with Crippen LogP contribution in [-0.2, 0) is 0 Å². The highest BCUT2D eigenvalue weighted by Gasteiger charge is 2.29. The van der Waals surface area contributed by atoms with Crippen LogP contribution in [0.2, 0.25) is 5.02 Å². The first-order chi connectivity index (χ1) is 14.9. The summed E-state index contributed by atoms with van der Waals surface area (Å²) in [5.41, 5.74) is 8.45. The smallest absolute Gasteiger partial charge is 0.265 e. The Hall–Kier alpha value is -2.14. The van der Waals surface area contributed by atoms with Crippen LogP contribution in [0.15, 0.2) is 60.2 Å². The van der Waals surface area contributed by atoms with E-state index in [0.717, 1.165) is 50.6 Å². The van der Waals surface area contributed by atoms with Gasteiger partial charge in [-0.2, -0.15) is 0 Å². The maximum Gasteiger partial charge on any atom is 0.265 e. The highest BCUT2D eigenvalue weighted by molar-refractivity contribution is 6.30. The Bertz CT molecular complexity index is 929. The van der Waals surface area contributed by atoms with Gasteiger partial charge in [-0.3, -0.25) is 15.1 Å². The molecule has 164 valence electrons. The normalized spacial score (nSPS) is 20.0. The van der Waals surface area contributed by atoms with Gasteiger partial charge in [-0.1, -0.05) is 61.4 Å². The number of carbonyl (C=O) groups excluding carboxylic acids is 1. The van der Waals surface area contributed by atoms with Crippen molar-refractivity contribution in [1.29, 1.82) is 0 Å². The zero-order valence-corrected chi connectivity index (χ0v) is 19.3. The number of carbonyl (C=O) groups is 1. The summed E-state index contributed by atoms with van der Waals surface area (Å²) in [6.07, 6.45) is 3.49. The molecule has 1 aliphatic carbocycles. The lowest BCUT2D eigenvalue weighted by Gasteiger charge is -2.38. The predicted molar refractivity (Wildman–Crippen MR) is 128 cm³/mol. The van der Waals surface area contributed by atoms with Gasteiger partial charge in [0.25, 0.3) is 5.91 Å². The number of halogens is 1. The van der Waals surface area contributed by atoms with Crippen LogP contribution < -0.4 is 5.43 Å². The van der Waals surface area contributed by atoms with E-state index in [4.69, 9.17) is 11.6 Å². The van der Waals surface area contributed by atoms with Crippen molar-refractivity contribution in [3.63, 3.8) is 0 Å². The van der Waals surface area contributed by atoms with E-state index in [2.05, 4.69) is 36.3 Å². The molecule has 0 aromatic heterocycles. The molecule has 31 heavy (non-hydrogen) atoms. The molecule has 2 aromatic rings. The first-order valence-corrected chi connectivity index (χ1v) is 11.6. The van der Waals surface area contributed by atoms with Gasteiger partial charge in [0.1, 0.15) is 0 Å². The Balaban J connectivity index is 1.39. The second-order valence-corrected chi connectivity index (χ2v) is 9.94. The van der Waals surface area contributed by atoms with Crippen LogP contribution in [0.3, 0.4) is 0 Å². The molecule has 1 fully saturated rings. The molecule has 0 unspecified atom stereocenters. The molecule has 4 nitrogen and oxygen atoms in total. The van der Waals surface area contributed by atoms with Crippen LogP contribution >= 0.6 is 11.6 Å². The Morgan fingerprint density at radius 3 is 2.35 bits per heavy atom. The number of allylic oxidation sites excluding steroid dienone is 1. The minimum atomic E-state index is -0.0312. The average Bonchev–Trinajstić information content (AvgIpc) is 2.77. The third kappa shape index (κ3) is 5.76. The van der Waals surface area contributed by atoms with Gasteiger partial charge in [0.05, 0.1) is 0 Å². The lowest BCUT2D eigenvalue weighted by molar-refractivity contribution is 0.0634. The summed E-state index contributed by atoms with van der Waals surface area (Å²) < 4.78 is 0. The van der Waals surface area contributed by atoms with E-state index >= 15 is 0 Å². The third-order valence-corrected chi connectivity index (χ3v) is 6.71. The van der Waals surface area contributed by atoms with Crippen molar-refractivity contribution in [2.45, 2.75) is 33.1 Å². The molecular weight excluding hydrogens is 406 g/mol. The van der Waals surface area contributed by atoms with Crippen LogP contribution in [0.4, 0.5) is 0 Å². The zero-order valence-electron chi connectivity index (χ0n) is 18.5. The number of nitrogens with one attached hydrogen (secondary N) is 1. The quantitative estimate of drug-likeness (QED) is 0.692. The van der Waals surface area contributed by atoms with E-state index in [1.54, 1.807) is 5.57 Å². The molecule has 1 N–H and O–H groups in total. The molecule has 0 radical (unpaired) electrons. The van der Waals surface area contributed by atoms with Crippen molar-refractivity contribution in [2.24, 2.45) is 5.41 Å². The number of benzene rings is 2. The lowest BCUT2D eigenvalue weighted by Crippen LogP contribution is -2.53. The minimum Gasteiger partial charge on any atom is -0.297 e. The van der Waals surface area contributed by atoms with E-state index in [0.29, 0.717) is 11.0 Å². The van der Waals surface area contributed by atoms with Gasteiger partial charge in [-0.15, -0.1) is 0 Å². The van der Waals surface area contributed by atoms with Crippen molar-refractivity contribution < 1.29 is 4.79 Å². The Morgan fingerprint density at radius 1 is 1.00 bits per heavy atom. The molecule has 2 aliphatic rings. The second-order valence-electron chi connectivity index (χ2n) is 9.50. The molecule has 0 saturated carbocycles. The van der Waals surface area contributed by atoms with Crippen LogP contribution in [-0.4, -0.2) is 48.5 Å². The van der Waals surface area contributed by atoms with E-state index < -0.39 is 0 Å². The molecule has 1 aliphatic heterocycles. The van der Waals surface area contributed by atoms with Crippen LogP contribution in [0.5, 0.6) is 0 Å². The summed E-state index contributed by atoms with van der Waals surface area (Å²) in [4.78, 5) is 14.9. The molecule has 4 rings (SSSR count). The SMILES string of the molecule is CC1(C)CCC(CN2CCN(NC(=O)c3ccccc3)CC2)=C(c2ccc(Cl)cc2)C1. The van der Waals surface area contributed by atoms with Gasteiger partial charge in [0, 0.05) is 43.3 Å². The number of amides is 1. The largest absolute Gasteiger partial charge is 0.297 e. The first-order valence-electron chi connectivity index (χ1n) is 11.2. The Labute approximate surface area is 190 Å². The van der Waals surface area contributed by atoms with E-state index in [1.165, 1.54) is 17.6 Å². The molecule has 0 bridgehead atoms. The summed E-state index contributed by atoms with van der Waals surface area (Å²) in [5.74, 6) is -0.0312. The number of hydrazine groups is 1. The van der Waals surface area contributed by atoms with Crippen LogP contribution in [0, 0.1) is 5.41 Å². The van der Waals surface area contributed by atoms with Gasteiger partial charge in [-0.25, -0.2) is 5.01 Å². The van der Waals surface area contributed by atoms with Crippen LogP contribution in [0.25, 0.3) is 5.57 Å². The first kappa shape index (κ1) is 22.1. The topological polar surface area (TPSA) is 35.6 Å². The highest BCUT2D eigenvalue weighted by atomic mass is 35.5. The molecular formula is C26H32ClN3O. The van der Waals surface area contributed by atoms with Crippen molar-refractivity contribution in [3.8, 4) is 0 Å². The van der Waals surface area contributed by atoms with E-state index in [9.17, 15) is 4.79 Å². The fraction of sp³-hybridized carbons (Fsp3) is 0.423. The van der Waals surface area contributed by atoms with Crippen molar-refractivity contribution in [2.75, 3.05) is 32.7 Å². The van der Waals surface area contributed by atoms with Crippen molar-refractivity contribution >= 4 is 23.1 Å². The fourth-order valence-corrected chi connectivity index (χ4v) is 4.68. The number of nitrogens with zero attached hydrogens (tertiary/aromatic N) is 2. The molecule has 1 heterocycles. The fourth-order valence-electron chi connectivity index (χ4n) is 4.55. The summed E-state index contributed by atoms with van der Waals surface area (Å²) in [7, 11) is 0. The molecule has 5 heteroatoms. The van der Waals surface area contributed by atoms with Crippen molar-refractivity contribution in [3.05, 3.63) is 76.3 Å². The number of rotatable bonds is 5. The Kier molecular flexibility index (Phi) is 6.80. The van der Waals surface area contributed by atoms with Gasteiger partial charge in [0.15, 0.2) is 0 Å². The zero-order chi connectivity index (χ0) is 21.8. The Morgan fingerprint density at radius 2 is 1.68 bits per heavy atom. The van der Waals surface area contributed by atoms with Gasteiger partial charge < -0.3 is 0 Å². The molecule has 2 aromatic carbocycles. The summed E-state index contributed by atoms with van der Waals surface area (Å²) in [6.45, 7) is 9.34. The molecule has 0 atom stereocenters. The number of hydrogen-bond acceptors (Lipinski definition) is 3. The molecule has 1 saturated heterocycles. The molecule has 1 amide bonds. The lowest BCUT2D eigenvalue weighted by atomic mass is 9.72. The van der Waals surface area contributed by atoms with Gasteiger partial charge in [0.2, 0.25) is 0 Å². The van der Waals surface area contributed by atoms with Crippen LogP contribution in [0.1, 0.15) is 49.0 Å². The standard InChI is InChI=1S/C26H32ClN3O/c1-26(2)13-12-22(24(18-26)20-8-10-23(27)11-9-20)19-29-14-16-30(17-15-29)28-25(31)21-6-4-3-5-7-21/h3-11H,12-19H2,1-2H3,(H,28,31). The van der Waals surface area contributed by atoms with Gasteiger partial charge >= 0.3 is 0 Å². The third-order valence-electron chi connectivity index (χ3n) is 6.46. The van der Waals surface area contributed by atoms with Gasteiger partial charge in [-0.05, 0) is 60.1 Å². The monoisotopic (exact) mass is 437 g/mol. The van der Waals surface area contributed by atoms with E-state index in [1.807, 2.05) is 47.5 Å². The number of piperazine rings is 1. The maximum atomic E-state index is 12.4. The summed E-state index contributed by atoms with van der Waals surface area (Å²) in [5, 5.41) is 2.83. The maximum absolute atomic E-state index is 12.4. The molecule has 0 spiro atoms. The highest BCUT2D eigenvalue weighted by Crippen LogP contribution is 2.43. The predicted octanol–water partition coefficient (Wildman–Crippen LogP) is 5.27. The average molecular weight is 438 g/mol. The van der Waals surface area contributed by atoms with E-state index in [-0.39, 0.29) is 5.91 Å². The summed E-state index contributed by atoms with van der Waals surface area (Å²) >= 11 is 6.13. The summed E-state index contributed by atoms with van der Waals surface area (Å²) in [6, 6.07) is 17.7.